The van der Waals surface area contributed by atoms with Crippen LogP contribution in [0.3, 0.4) is 0 Å². The summed E-state index contributed by atoms with van der Waals surface area (Å²) in [6.07, 6.45) is 0.146. The molecule has 1 heterocycles. The molecule has 2 aliphatic rings. The van der Waals surface area contributed by atoms with Gasteiger partial charge in [0.25, 0.3) is 5.91 Å². The van der Waals surface area contributed by atoms with E-state index in [1.54, 1.807) is 0 Å². The SMILES string of the molecule is O=C1CC(NC(=O)c2cc(OC(F)(F)F)ccc2OCC2CCCC2)CCN1. The third-order valence-corrected chi connectivity index (χ3v) is 4.96. The van der Waals surface area contributed by atoms with E-state index in [9.17, 15) is 22.8 Å². The topological polar surface area (TPSA) is 76.7 Å². The van der Waals surface area contributed by atoms with Crippen molar-refractivity contribution in [3.8, 4) is 11.5 Å². The highest BCUT2D eigenvalue weighted by Crippen LogP contribution is 2.31. The van der Waals surface area contributed by atoms with Gasteiger partial charge in [-0.3, -0.25) is 9.59 Å². The standard InChI is InChI=1S/C19H23F3N2O4/c20-19(21,22)28-14-5-6-16(27-11-12-3-1-2-4-12)15(10-14)18(26)24-13-7-8-23-17(25)9-13/h5-6,10,12-13H,1-4,7-9,11H2,(H,23,25)(H,24,26). The van der Waals surface area contributed by atoms with Crippen molar-refractivity contribution in [1.82, 2.24) is 10.6 Å². The normalized spacial score (nSPS) is 20.5. The van der Waals surface area contributed by atoms with Crippen LogP contribution in [0.4, 0.5) is 13.2 Å². The summed E-state index contributed by atoms with van der Waals surface area (Å²) in [5.74, 6) is -0.673. The Hall–Kier alpha value is -2.45. The van der Waals surface area contributed by atoms with Crippen LogP contribution in [0.5, 0.6) is 11.5 Å². The van der Waals surface area contributed by atoms with Crippen LogP contribution in [0.2, 0.25) is 0 Å². The Bertz CT molecular complexity index is 718. The van der Waals surface area contributed by atoms with Crippen LogP contribution in [0, 0.1) is 5.92 Å². The molecule has 0 radical (unpaired) electrons. The lowest BCUT2D eigenvalue weighted by molar-refractivity contribution is -0.274. The lowest BCUT2D eigenvalue weighted by Gasteiger charge is -2.24. The molecule has 1 unspecified atom stereocenters. The molecule has 9 heteroatoms. The van der Waals surface area contributed by atoms with Crippen LogP contribution in [-0.2, 0) is 4.79 Å². The molecule has 3 rings (SSSR count). The average Bonchev–Trinajstić information content (AvgIpc) is 3.12. The van der Waals surface area contributed by atoms with Crippen LogP contribution in [0.15, 0.2) is 18.2 Å². The monoisotopic (exact) mass is 400 g/mol. The lowest BCUT2D eigenvalue weighted by Crippen LogP contribution is -2.45. The minimum absolute atomic E-state index is 0.0364. The summed E-state index contributed by atoms with van der Waals surface area (Å²) in [5.41, 5.74) is -0.0364. The molecule has 0 bridgehead atoms. The van der Waals surface area contributed by atoms with Crippen LogP contribution >= 0.6 is 0 Å². The van der Waals surface area contributed by atoms with E-state index in [0.29, 0.717) is 25.5 Å². The first kappa shape index (κ1) is 20.3. The number of piperidine rings is 1. The number of benzene rings is 1. The Morgan fingerprint density at radius 2 is 1.96 bits per heavy atom. The molecule has 1 aliphatic heterocycles. The molecule has 2 amide bonds. The summed E-state index contributed by atoms with van der Waals surface area (Å²) in [5, 5.41) is 5.37. The second-order valence-corrected chi connectivity index (χ2v) is 7.18. The van der Waals surface area contributed by atoms with E-state index >= 15 is 0 Å². The van der Waals surface area contributed by atoms with Gasteiger partial charge in [-0.2, -0.15) is 0 Å². The number of halogens is 3. The van der Waals surface area contributed by atoms with Gasteiger partial charge in [-0.25, -0.2) is 0 Å². The summed E-state index contributed by atoms with van der Waals surface area (Å²) >= 11 is 0. The summed E-state index contributed by atoms with van der Waals surface area (Å²) in [6, 6.07) is 3.09. The van der Waals surface area contributed by atoms with E-state index in [-0.39, 0.29) is 29.7 Å². The maximum absolute atomic E-state index is 12.7. The Morgan fingerprint density at radius 1 is 1.21 bits per heavy atom. The second-order valence-electron chi connectivity index (χ2n) is 7.18. The molecule has 1 aromatic carbocycles. The molecule has 154 valence electrons. The van der Waals surface area contributed by atoms with E-state index in [1.165, 1.54) is 6.07 Å². The zero-order chi connectivity index (χ0) is 20.1. The first-order valence-corrected chi connectivity index (χ1v) is 9.40. The van der Waals surface area contributed by atoms with Gasteiger partial charge in [0, 0.05) is 19.0 Å². The quantitative estimate of drug-likeness (QED) is 0.769. The molecule has 1 aromatic rings. The van der Waals surface area contributed by atoms with Crippen molar-refractivity contribution in [2.24, 2.45) is 5.92 Å². The first-order valence-electron chi connectivity index (χ1n) is 9.40. The maximum Gasteiger partial charge on any atom is 0.573 e. The van der Waals surface area contributed by atoms with E-state index in [1.807, 2.05) is 0 Å². The number of ether oxygens (including phenoxy) is 2. The smallest absolute Gasteiger partial charge is 0.492 e. The predicted molar refractivity (Wildman–Crippen MR) is 94.1 cm³/mol. The molecule has 1 saturated heterocycles. The molecule has 0 aromatic heterocycles. The van der Waals surface area contributed by atoms with Crippen LogP contribution in [-0.4, -0.2) is 37.4 Å². The van der Waals surface area contributed by atoms with Gasteiger partial charge in [-0.1, -0.05) is 12.8 Å². The van der Waals surface area contributed by atoms with Crippen molar-refractivity contribution >= 4 is 11.8 Å². The van der Waals surface area contributed by atoms with Crippen LogP contribution < -0.4 is 20.1 Å². The van der Waals surface area contributed by atoms with Crippen molar-refractivity contribution < 1.29 is 32.2 Å². The molecule has 1 saturated carbocycles. The van der Waals surface area contributed by atoms with Crippen molar-refractivity contribution in [1.29, 1.82) is 0 Å². The Balaban J connectivity index is 1.75. The van der Waals surface area contributed by atoms with Gasteiger partial charge in [0.1, 0.15) is 11.5 Å². The minimum atomic E-state index is -4.86. The van der Waals surface area contributed by atoms with Crippen LogP contribution in [0.1, 0.15) is 48.9 Å². The number of nitrogens with one attached hydrogen (secondary N) is 2. The van der Waals surface area contributed by atoms with Gasteiger partial charge in [0.2, 0.25) is 5.91 Å². The van der Waals surface area contributed by atoms with E-state index in [0.717, 1.165) is 37.8 Å². The summed E-state index contributed by atoms with van der Waals surface area (Å²) in [4.78, 5) is 24.2. The zero-order valence-corrected chi connectivity index (χ0v) is 15.3. The van der Waals surface area contributed by atoms with E-state index in [2.05, 4.69) is 15.4 Å². The minimum Gasteiger partial charge on any atom is -0.492 e. The second kappa shape index (κ2) is 8.70. The third kappa shape index (κ3) is 5.77. The van der Waals surface area contributed by atoms with Gasteiger partial charge in [0.05, 0.1) is 12.2 Å². The van der Waals surface area contributed by atoms with Gasteiger partial charge >= 0.3 is 6.36 Å². The molecule has 2 N–H and O–H groups in total. The molecule has 2 fully saturated rings. The van der Waals surface area contributed by atoms with E-state index in [4.69, 9.17) is 4.74 Å². The molecule has 6 nitrogen and oxygen atoms in total. The molecular weight excluding hydrogens is 377 g/mol. The predicted octanol–water partition coefficient (Wildman–Crippen LogP) is 3.16. The fourth-order valence-electron chi connectivity index (χ4n) is 3.56. The fourth-order valence-corrected chi connectivity index (χ4v) is 3.56. The van der Waals surface area contributed by atoms with Crippen molar-refractivity contribution in [3.63, 3.8) is 0 Å². The highest BCUT2D eigenvalue weighted by Gasteiger charge is 2.32. The number of carbonyl (C=O) groups is 2. The summed E-state index contributed by atoms with van der Waals surface area (Å²) in [7, 11) is 0. The fraction of sp³-hybridized carbons (Fsp3) is 0.579. The van der Waals surface area contributed by atoms with Crippen molar-refractivity contribution in [2.75, 3.05) is 13.2 Å². The molecule has 0 spiro atoms. The summed E-state index contributed by atoms with van der Waals surface area (Å²) < 4.78 is 47.3. The third-order valence-electron chi connectivity index (χ3n) is 4.96. The number of alkyl halides is 3. The van der Waals surface area contributed by atoms with Gasteiger partial charge < -0.3 is 20.1 Å². The molecule has 28 heavy (non-hydrogen) atoms. The Morgan fingerprint density at radius 3 is 2.64 bits per heavy atom. The van der Waals surface area contributed by atoms with Gasteiger partial charge in [-0.05, 0) is 43.4 Å². The summed E-state index contributed by atoms with van der Waals surface area (Å²) in [6.45, 7) is 0.845. The number of hydrogen-bond donors (Lipinski definition) is 2. The number of hydrogen-bond acceptors (Lipinski definition) is 4. The molecule has 1 atom stereocenters. The van der Waals surface area contributed by atoms with Gasteiger partial charge in [0.15, 0.2) is 0 Å². The largest absolute Gasteiger partial charge is 0.573 e. The van der Waals surface area contributed by atoms with E-state index < -0.39 is 18.0 Å². The Kier molecular flexibility index (Phi) is 6.31. The number of amides is 2. The molecular formula is C19H23F3N2O4. The number of rotatable bonds is 6. The zero-order valence-electron chi connectivity index (χ0n) is 15.3. The molecule has 1 aliphatic carbocycles. The average molecular weight is 400 g/mol. The first-order chi connectivity index (χ1) is 13.3. The lowest BCUT2D eigenvalue weighted by atomic mass is 10.0. The maximum atomic E-state index is 12.7. The number of carbonyl (C=O) groups excluding carboxylic acids is 2. The Labute approximate surface area is 160 Å². The van der Waals surface area contributed by atoms with Crippen molar-refractivity contribution in [2.45, 2.75) is 50.9 Å². The van der Waals surface area contributed by atoms with Gasteiger partial charge in [-0.15, -0.1) is 13.2 Å². The van der Waals surface area contributed by atoms with Crippen LogP contribution in [0.25, 0.3) is 0 Å². The highest BCUT2D eigenvalue weighted by molar-refractivity contribution is 5.98. The highest BCUT2D eigenvalue weighted by atomic mass is 19.4. The van der Waals surface area contributed by atoms with Crippen molar-refractivity contribution in [3.05, 3.63) is 23.8 Å².